The van der Waals surface area contributed by atoms with Gasteiger partial charge in [-0.15, -0.1) is 0 Å². The number of methoxy groups -OCH3 is 1. The van der Waals surface area contributed by atoms with Gasteiger partial charge in [-0.25, -0.2) is 8.42 Å². The predicted molar refractivity (Wildman–Crippen MR) is 92.1 cm³/mol. The average molecular weight is 354 g/mol. The maximum atomic E-state index is 12.7. The van der Waals surface area contributed by atoms with Crippen LogP contribution in [0.3, 0.4) is 0 Å². The van der Waals surface area contributed by atoms with Crippen LogP contribution in [-0.2, 0) is 19.6 Å². The van der Waals surface area contributed by atoms with Crippen LogP contribution >= 0.6 is 0 Å². The van der Waals surface area contributed by atoms with Crippen LogP contribution in [-0.4, -0.2) is 63.9 Å². The van der Waals surface area contributed by atoms with Crippen LogP contribution in [0, 0.1) is 5.92 Å². The zero-order valence-corrected chi connectivity index (χ0v) is 15.2. The van der Waals surface area contributed by atoms with Gasteiger partial charge < -0.3 is 9.64 Å². The van der Waals surface area contributed by atoms with Crippen LogP contribution in [0.25, 0.3) is 0 Å². The Hall–Kier alpha value is -1.44. The lowest BCUT2D eigenvalue weighted by atomic mass is 9.98. The van der Waals surface area contributed by atoms with Crippen molar-refractivity contribution in [2.45, 2.75) is 24.2 Å². The maximum Gasteiger partial charge on any atom is 0.243 e. The van der Waals surface area contributed by atoms with Crippen LogP contribution < -0.4 is 0 Å². The van der Waals surface area contributed by atoms with Gasteiger partial charge >= 0.3 is 0 Å². The first-order valence-electron chi connectivity index (χ1n) is 8.26. The van der Waals surface area contributed by atoms with E-state index in [4.69, 9.17) is 4.74 Å². The third-order valence-electron chi connectivity index (χ3n) is 4.33. The molecule has 7 heteroatoms. The molecule has 1 aromatic carbocycles. The molecule has 24 heavy (non-hydrogen) atoms. The van der Waals surface area contributed by atoms with Crippen molar-refractivity contribution in [2.75, 3.05) is 40.4 Å². The minimum Gasteiger partial charge on any atom is -0.385 e. The number of ether oxygens (including phenoxy) is 1. The van der Waals surface area contributed by atoms with Crippen LogP contribution in [0.5, 0.6) is 0 Å². The molecule has 0 radical (unpaired) electrons. The number of sulfonamides is 1. The largest absolute Gasteiger partial charge is 0.385 e. The number of carbonyl (C=O) groups excluding carboxylic acids is 1. The zero-order valence-electron chi connectivity index (χ0n) is 14.3. The van der Waals surface area contributed by atoms with E-state index < -0.39 is 10.0 Å². The number of piperidine rings is 1. The van der Waals surface area contributed by atoms with Crippen molar-refractivity contribution in [3.8, 4) is 0 Å². The molecule has 1 aliphatic heterocycles. The molecule has 0 aromatic heterocycles. The molecular weight excluding hydrogens is 328 g/mol. The Morgan fingerprint density at radius 1 is 1.33 bits per heavy atom. The Morgan fingerprint density at radius 2 is 2.04 bits per heavy atom. The highest BCUT2D eigenvalue weighted by molar-refractivity contribution is 7.89. The molecule has 1 fully saturated rings. The number of benzene rings is 1. The molecule has 1 aliphatic rings. The number of amides is 1. The molecule has 1 unspecified atom stereocenters. The highest BCUT2D eigenvalue weighted by Crippen LogP contribution is 2.24. The normalized spacial score (nSPS) is 19.2. The fourth-order valence-corrected chi connectivity index (χ4v) is 4.52. The van der Waals surface area contributed by atoms with E-state index in [2.05, 4.69) is 0 Å². The van der Waals surface area contributed by atoms with Crippen molar-refractivity contribution < 1.29 is 17.9 Å². The summed E-state index contributed by atoms with van der Waals surface area (Å²) < 4.78 is 31.9. The van der Waals surface area contributed by atoms with E-state index in [9.17, 15) is 13.2 Å². The second-order valence-electron chi connectivity index (χ2n) is 6.12. The second-order valence-corrected chi connectivity index (χ2v) is 8.06. The van der Waals surface area contributed by atoms with Crippen molar-refractivity contribution in [2.24, 2.45) is 5.92 Å². The SMILES string of the molecule is COCCCN(C)C(=O)C1CCCN(S(=O)(=O)c2ccccc2)C1. The van der Waals surface area contributed by atoms with Crippen LogP contribution in [0.15, 0.2) is 35.2 Å². The Kier molecular flexibility index (Phi) is 6.77. The molecule has 1 heterocycles. The van der Waals surface area contributed by atoms with E-state index in [1.807, 2.05) is 0 Å². The summed E-state index contributed by atoms with van der Waals surface area (Å²) in [7, 11) is -0.132. The van der Waals surface area contributed by atoms with Gasteiger partial charge in [0.25, 0.3) is 0 Å². The predicted octanol–water partition coefficient (Wildman–Crippen LogP) is 1.58. The third kappa shape index (κ3) is 4.55. The molecular formula is C17H26N2O4S. The molecule has 134 valence electrons. The van der Waals surface area contributed by atoms with E-state index in [1.165, 1.54) is 4.31 Å². The lowest BCUT2D eigenvalue weighted by molar-refractivity contribution is -0.135. The Balaban J connectivity index is 2.02. The molecule has 0 bridgehead atoms. The Bertz CT molecular complexity index is 633. The van der Waals surface area contributed by atoms with E-state index in [0.29, 0.717) is 26.1 Å². The number of carbonyl (C=O) groups is 1. The molecule has 2 rings (SSSR count). The fourth-order valence-electron chi connectivity index (χ4n) is 2.97. The van der Waals surface area contributed by atoms with Gasteiger partial charge in [0.2, 0.25) is 15.9 Å². The number of hydrogen-bond acceptors (Lipinski definition) is 4. The molecule has 1 aromatic rings. The van der Waals surface area contributed by atoms with Crippen molar-refractivity contribution >= 4 is 15.9 Å². The number of nitrogens with zero attached hydrogens (tertiary/aromatic N) is 2. The van der Waals surface area contributed by atoms with E-state index >= 15 is 0 Å². The fraction of sp³-hybridized carbons (Fsp3) is 0.588. The summed E-state index contributed by atoms with van der Waals surface area (Å²) in [5.41, 5.74) is 0. The Morgan fingerprint density at radius 3 is 2.71 bits per heavy atom. The quantitative estimate of drug-likeness (QED) is 0.697. The first-order chi connectivity index (χ1) is 11.5. The van der Waals surface area contributed by atoms with Crippen molar-refractivity contribution in [3.63, 3.8) is 0 Å². The maximum absolute atomic E-state index is 12.7. The van der Waals surface area contributed by atoms with E-state index in [1.54, 1.807) is 49.4 Å². The molecule has 1 atom stereocenters. The second kappa shape index (κ2) is 8.60. The van der Waals surface area contributed by atoms with Crippen LogP contribution in [0.4, 0.5) is 0 Å². The van der Waals surface area contributed by atoms with E-state index in [0.717, 1.165) is 12.8 Å². The van der Waals surface area contributed by atoms with Crippen molar-refractivity contribution in [1.82, 2.24) is 9.21 Å². The summed E-state index contributed by atoms with van der Waals surface area (Å²) >= 11 is 0. The van der Waals surface area contributed by atoms with Gasteiger partial charge in [0.15, 0.2) is 0 Å². The number of rotatable bonds is 7. The highest BCUT2D eigenvalue weighted by Gasteiger charge is 2.34. The smallest absolute Gasteiger partial charge is 0.243 e. The molecule has 6 nitrogen and oxygen atoms in total. The van der Waals surface area contributed by atoms with Gasteiger partial charge in [-0.2, -0.15) is 4.31 Å². The summed E-state index contributed by atoms with van der Waals surface area (Å²) in [5, 5.41) is 0. The zero-order chi connectivity index (χ0) is 17.6. The van der Waals surface area contributed by atoms with Crippen LogP contribution in [0.2, 0.25) is 0 Å². The molecule has 0 spiro atoms. The summed E-state index contributed by atoms with van der Waals surface area (Å²) in [4.78, 5) is 14.5. The lowest BCUT2D eigenvalue weighted by Gasteiger charge is -2.33. The monoisotopic (exact) mass is 354 g/mol. The van der Waals surface area contributed by atoms with Crippen LogP contribution in [0.1, 0.15) is 19.3 Å². The lowest BCUT2D eigenvalue weighted by Crippen LogP contribution is -2.46. The minimum atomic E-state index is -3.53. The molecule has 0 aliphatic carbocycles. The minimum absolute atomic E-state index is 0.0130. The summed E-state index contributed by atoms with van der Waals surface area (Å²) in [6.45, 7) is 1.95. The molecule has 1 saturated heterocycles. The van der Waals surface area contributed by atoms with Gasteiger partial charge in [0, 0.05) is 40.4 Å². The third-order valence-corrected chi connectivity index (χ3v) is 6.21. The highest BCUT2D eigenvalue weighted by atomic mass is 32.2. The molecule has 1 amide bonds. The standard InChI is InChI=1S/C17H26N2O4S/c1-18(11-7-13-23-2)17(20)15-8-6-12-19(14-15)24(21,22)16-9-4-3-5-10-16/h3-5,9-10,15H,6-8,11-14H2,1-2H3. The first-order valence-corrected chi connectivity index (χ1v) is 9.70. The summed E-state index contributed by atoms with van der Waals surface area (Å²) in [5.74, 6) is -0.260. The van der Waals surface area contributed by atoms with Crippen molar-refractivity contribution in [1.29, 1.82) is 0 Å². The topological polar surface area (TPSA) is 66.9 Å². The summed E-state index contributed by atoms with van der Waals surface area (Å²) in [6, 6.07) is 8.40. The molecule has 0 N–H and O–H groups in total. The summed E-state index contributed by atoms with van der Waals surface area (Å²) in [6.07, 6.45) is 2.21. The Labute approximate surface area is 144 Å². The van der Waals surface area contributed by atoms with Crippen molar-refractivity contribution in [3.05, 3.63) is 30.3 Å². The number of hydrogen-bond donors (Lipinski definition) is 0. The molecule has 0 saturated carbocycles. The van der Waals surface area contributed by atoms with Gasteiger partial charge in [-0.05, 0) is 31.4 Å². The average Bonchev–Trinajstić information content (AvgIpc) is 2.62. The van der Waals surface area contributed by atoms with Gasteiger partial charge in [0.05, 0.1) is 10.8 Å². The van der Waals surface area contributed by atoms with Gasteiger partial charge in [0.1, 0.15) is 0 Å². The first kappa shape index (κ1) is 18.9. The van der Waals surface area contributed by atoms with Gasteiger partial charge in [-0.1, -0.05) is 18.2 Å². The van der Waals surface area contributed by atoms with E-state index in [-0.39, 0.29) is 23.3 Å². The van der Waals surface area contributed by atoms with Gasteiger partial charge in [-0.3, -0.25) is 4.79 Å².